The highest BCUT2D eigenvalue weighted by Crippen LogP contribution is 2.33. The summed E-state index contributed by atoms with van der Waals surface area (Å²) < 4.78 is 39.9. The van der Waals surface area contributed by atoms with Crippen molar-refractivity contribution in [2.24, 2.45) is 4.99 Å². The Morgan fingerprint density at radius 3 is 2.32 bits per heavy atom. The number of nitrogens with one attached hydrogen (secondary N) is 2. The van der Waals surface area contributed by atoms with Crippen LogP contribution in [-0.4, -0.2) is 51.1 Å². The minimum atomic E-state index is -4.37. The third-order valence-electron chi connectivity index (χ3n) is 5.15. The Hall–Kier alpha value is -1.53. The SMILES string of the molecule is CN=C(NCc1ccc(C)s1)NCc1cc(C(F)(F)F)ccc1N1CCN(C)CC1.I. The van der Waals surface area contributed by atoms with Gasteiger partial charge in [-0.05, 0) is 49.9 Å². The lowest BCUT2D eigenvalue weighted by molar-refractivity contribution is -0.137. The van der Waals surface area contributed by atoms with Crippen molar-refractivity contribution in [3.8, 4) is 0 Å². The molecule has 0 saturated carbocycles. The molecule has 1 saturated heterocycles. The molecule has 2 N–H and O–H groups in total. The van der Waals surface area contributed by atoms with Gasteiger partial charge in [-0.3, -0.25) is 4.99 Å². The summed E-state index contributed by atoms with van der Waals surface area (Å²) in [6, 6.07) is 8.12. The quantitative estimate of drug-likeness (QED) is 0.321. The highest BCUT2D eigenvalue weighted by molar-refractivity contribution is 14.0. The molecule has 172 valence electrons. The lowest BCUT2D eigenvalue weighted by Gasteiger charge is -2.35. The van der Waals surface area contributed by atoms with Gasteiger partial charge in [0.15, 0.2) is 5.96 Å². The number of likely N-dealkylation sites (N-methyl/N-ethyl adjacent to an activating group) is 1. The molecule has 2 aromatic rings. The van der Waals surface area contributed by atoms with Gasteiger partial charge in [-0.1, -0.05) is 0 Å². The molecule has 0 bridgehead atoms. The number of rotatable bonds is 5. The van der Waals surface area contributed by atoms with Crippen LogP contribution in [0.15, 0.2) is 35.3 Å². The van der Waals surface area contributed by atoms with Gasteiger partial charge in [-0.15, -0.1) is 35.3 Å². The summed E-state index contributed by atoms with van der Waals surface area (Å²) in [4.78, 5) is 11.0. The first-order valence-electron chi connectivity index (χ1n) is 9.89. The molecular weight excluding hydrogens is 538 g/mol. The molecular formula is C21H29F3IN5S. The van der Waals surface area contributed by atoms with Crippen LogP contribution in [0.2, 0.25) is 0 Å². The monoisotopic (exact) mass is 567 g/mol. The zero-order valence-corrected chi connectivity index (χ0v) is 21.1. The van der Waals surface area contributed by atoms with E-state index in [1.807, 2.05) is 0 Å². The number of benzene rings is 1. The number of piperazine rings is 1. The average molecular weight is 567 g/mol. The number of alkyl halides is 3. The maximum atomic E-state index is 13.3. The van der Waals surface area contributed by atoms with Gasteiger partial charge in [0, 0.05) is 55.2 Å². The van der Waals surface area contributed by atoms with Gasteiger partial charge in [0.05, 0.1) is 12.1 Å². The van der Waals surface area contributed by atoms with Gasteiger partial charge in [0.2, 0.25) is 0 Å². The summed E-state index contributed by atoms with van der Waals surface area (Å²) in [5, 5.41) is 6.39. The van der Waals surface area contributed by atoms with E-state index < -0.39 is 11.7 Å². The molecule has 1 aliphatic rings. The van der Waals surface area contributed by atoms with E-state index >= 15 is 0 Å². The van der Waals surface area contributed by atoms with E-state index in [0.29, 0.717) is 18.1 Å². The number of anilines is 1. The summed E-state index contributed by atoms with van der Waals surface area (Å²) >= 11 is 1.70. The highest BCUT2D eigenvalue weighted by atomic mass is 127. The normalized spacial score (nSPS) is 15.5. The third kappa shape index (κ3) is 7.25. The fourth-order valence-corrected chi connectivity index (χ4v) is 4.24. The maximum Gasteiger partial charge on any atom is 0.416 e. The van der Waals surface area contributed by atoms with E-state index in [4.69, 9.17) is 0 Å². The lowest BCUT2D eigenvalue weighted by Crippen LogP contribution is -2.45. The second-order valence-electron chi connectivity index (χ2n) is 7.42. The Labute approximate surface area is 202 Å². The van der Waals surface area contributed by atoms with Gasteiger partial charge >= 0.3 is 6.18 Å². The van der Waals surface area contributed by atoms with Gasteiger partial charge in [0.25, 0.3) is 0 Å². The van der Waals surface area contributed by atoms with E-state index in [1.54, 1.807) is 24.5 Å². The Balaban J connectivity index is 0.00000341. The molecule has 5 nitrogen and oxygen atoms in total. The van der Waals surface area contributed by atoms with Crippen molar-refractivity contribution in [3.05, 3.63) is 51.2 Å². The second kappa shape index (κ2) is 11.4. The molecule has 0 spiro atoms. The number of hydrogen-bond acceptors (Lipinski definition) is 4. The fourth-order valence-electron chi connectivity index (χ4n) is 3.41. The standard InChI is InChI=1S/C21H28F3N5S.HI/c1-15-4-6-18(30-15)14-27-20(25-2)26-13-16-12-17(21(22,23)24)5-7-19(16)29-10-8-28(3)9-11-29;/h4-7,12H,8-11,13-14H2,1-3H3,(H2,25,26,27);1H. The molecule has 10 heteroatoms. The van der Waals surface area contributed by atoms with Crippen molar-refractivity contribution in [1.29, 1.82) is 0 Å². The van der Waals surface area contributed by atoms with Crippen LogP contribution >= 0.6 is 35.3 Å². The molecule has 1 aromatic carbocycles. The average Bonchev–Trinajstić information content (AvgIpc) is 3.13. The minimum absolute atomic E-state index is 0. The van der Waals surface area contributed by atoms with Crippen LogP contribution < -0.4 is 15.5 Å². The van der Waals surface area contributed by atoms with E-state index in [2.05, 4.69) is 51.5 Å². The molecule has 1 aliphatic heterocycles. The first kappa shape index (κ1) is 25.7. The summed E-state index contributed by atoms with van der Waals surface area (Å²) in [5.74, 6) is 0.558. The molecule has 0 radical (unpaired) electrons. The molecule has 0 unspecified atom stereocenters. The molecule has 2 heterocycles. The van der Waals surface area contributed by atoms with Crippen molar-refractivity contribution in [1.82, 2.24) is 15.5 Å². The van der Waals surface area contributed by atoms with Crippen LogP contribution in [0.1, 0.15) is 20.9 Å². The first-order valence-corrected chi connectivity index (χ1v) is 10.7. The fraction of sp³-hybridized carbons (Fsp3) is 0.476. The van der Waals surface area contributed by atoms with E-state index in [1.165, 1.54) is 21.9 Å². The zero-order valence-electron chi connectivity index (χ0n) is 17.9. The number of guanidine groups is 1. The molecule has 0 amide bonds. The predicted octanol–water partition coefficient (Wildman–Crippen LogP) is 4.31. The number of hydrogen-bond donors (Lipinski definition) is 2. The molecule has 3 rings (SSSR count). The summed E-state index contributed by atoms with van der Waals surface area (Å²) in [5.41, 5.74) is 0.825. The van der Waals surface area contributed by atoms with Crippen molar-refractivity contribution < 1.29 is 13.2 Å². The minimum Gasteiger partial charge on any atom is -0.369 e. The number of aliphatic imine (C=N–C) groups is 1. The van der Waals surface area contributed by atoms with Crippen LogP contribution in [0.4, 0.5) is 18.9 Å². The van der Waals surface area contributed by atoms with Crippen molar-refractivity contribution in [2.45, 2.75) is 26.2 Å². The Bertz CT molecular complexity index is 876. The smallest absolute Gasteiger partial charge is 0.369 e. The number of aryl methyl sites for hydroxylation is 1. The van der Waals surface area contributed by atoms with Gasteiger partial charge < -0.3 is 20.4 Å². The molecule has 1 fully saturated rings. The topological polar surface area (TPSA) is 42.9 Å². The molecule has 1 aromatic heterocycles. The zero-order chi connectivity index (χ0) is 21.7. The van der Waals surface area contributed by atoms with Crippen LogP contribution in [0.25, 0.3) is 0 Å². The van der Waals surface area contributed by atoms with Crippen LogP contribution in [0.3, 0.4) is 0 Å². The summed E-state index contributed by atoms with van der Waals surface area (Å²) in [7, 11) is 3.71. The lowest BCUT2D eigenvalue weighted by atomic mass is 10.1. The Morgan fingerprint density at radius 1 is 1.06 bits per heavy atom. The van der Waals surface area contributed by atoms with Crippen LogP contribution in [-0.2, 0) is 19.3 Å². The third-order valence-corrected chi connectivity index (χ3v) is 6.15. The van der Waals surface area contributed by atoms with E-state index in [-0.39, 0.29) is 30.5 Å². The Kier molecular flexibility index (Phi) is 9.44. The number of halogens is 4. The summed E-state index contributed by atoms with van der Waals surface area (Å²) in [6.45, 7) is 6.28. The van der Waals surface area contributed by atoms with Gasteiger partial charge in [0.1, 0.15) is 0 Å². The highest BCUT2D eigenvalue weighted by Gasteiger charge is 2.31. The van der Waals surface area contributed by atoms with Gasteiger partial charge in [-0.2, -0.15) is 13.2 Å². The molecule has 0 aliphatic carbocycles. The van der Waals surface area contributed by atoms with E-state index in [0.717, 1.165) is 31.9 Å². The molecule has 0 atom stereocenters. The van der Waals surface area contributed by atoms with E-state index in [9.17, 15) is 13.2 Å². The van der Waals surface area contributed by atoms with Crippen LogP contribution in [0.5, 0.6) is 0 Å². The van der Waals surface area contributed by atoms with Crippen LogP contribution in [0, 0.1) is 6.92 Å². The predicted molar refractivity (Wildman–Crippen MR) is 133 cm³/mol. The van der Waals surface area contributed by atoms with Crippen molar-refractivity contribution in [2.75, 3.05) is 45.2 Å². The maximum absolute atomic E-state index is 13.3. The second-order valence-corrected chi connectivity index (χ2v) is 8.80. The Morgan fingerprint density at radius 2 is 1.74 bits per heavy atom. The van der Waals surface area contributed by atoms with Crippen molar-refractivity contribution in [3.63, 3.8) is 0 Å². The summed E-state index contributed by atoms with van der Waals surface area (Å²) in [6.07, 6.45) is -4.37. The first-order chi connectivity index (χ1) is 14.3. The van der Waals surface area contributed by atoms with Gasteiger partial charge in [-0.25, -0.2) is 0 Å². The largest absolute Gasteiger partial charge is 0.416 e. The van der Waals surface area contributed by atoms with Crippen molar-refractivity contribution >= 4 is 47.0 Å². The molecule has 31 heavy (non-hydrogen) atoms. The number of thiophene rings is 1. The number of nitrogens with zero attached hydrogens (tertiary/aromatic N) is 3.